The van der Waals surface area contributed by atoms with Gasteiger partial charge in [0.15, 0.2) is 0 Å². The maximum Gasteiger partial charge on any atom is 0.340 e. The Labute approximate surface area is 196 Å². The molecule has 0 saturated carbocycles. The van der Waals surface area contributed by atoms with Crippen LogP contribution in [-0.2, 0) is 21.3 Å². The largest absolute Gasteiger partial charge is 0.465 e. The minimum absolute atomic E-state index is 0.0562. The number of anilines is 1. The van der Waals surface area contributed by atoms with Gasteiger partial charge in [0.2, 0.25) is 10.0 Å². The minimum Gasteiger partial charge on any atom is -0.465 e. The number of esters is 1. The number of hydrogen-bond acceptors (Lipinski definition) is 5. The molecule has 7 nitrogen and oxygen atoms in total. The fourth-order valence-electron chi connectivity index (χ4n) is 3.71. The minimum atomic E-state index is -3.76. The van der Waals surface area contributed by atoms with Crippen molar-refractivity contribution >= 4 is 38.5 Å². The van der Waals surface area contributed by atoms with Crippen LogP contribution in [0.3, 0.4) is 0 Å². The zero-order chi connectivity index (χ0) is 24.5. The van der Waals surface area contributed by atoms with Gasteiger partial charge in [0.25, 0.3) is 5.91 Å². The molecule has 34 heavy (non-hydrogen) atoms. The number of ether oxygens (including phenoxy) is 1. The zero-order valence-electron chi connectivity index (χ0n) is 18.4. The maximum absolute atomic E-state index is 14.3. The maximum atomic E-state index is 14.3. The van der Waals surface area contributed by atoms with Gasteiger partial charge in [0.1, 0.15) is 5.82 Å². The van der Waals surface area contributed by atoms with E-state index in [0.717, 1.165) is 10.6 Å². The Morgan fingerprint density at radius 2 is 1.62 bits per heavy atom. The lowest BCUT2D eigenvalue weighted by Gasteiger charge is -2.23. The van der Waals surface area contributed by atoms with Gasteiger partial charge < -0.3 is 4.74 Å². The molecule has 0 amide bonds. The summed E-state index contributed by atoms with van der Waals surface area (Å²) in [6, 6.07) is 19.0. The predicted molar refractivity (Wildman–Crippen MR) is 127 cm³/mol. The summed E-state index contributed by atoms with van der Waals surface area (Å²) < 4.78 is 46.1. The lowest BCUT2D eigenvalue weighted by atomic mass is 10.1. The fraction of sp³-hybridized carbons (Fsp3) is 0.120. The Balaban J connectivity index is 1.65. The second kappa shape index (κ2) is 9.11. The Kier molecular flexibility index (Phi) is 6.21. The first-order valence-corrected chi connectivity index (χ1v) is 12.1. The lowest BCUT2D eigenvalue weighted by Crippen LogP contribution is -2.30. The molecule has 0 unspecified atom stereocenters. The number of benzene rings is 3. The molecule has 0 aliphatic heterocycles. The van der Waals surface area contributed by atoms with E-state index in [1.165, 1.54) is 36.1 Å². The number of carbonyl (C=O) groups is 2. The molecule has 0 spiro atoms. The summed E-state index contributed by atoms with van der Waals surface area (Å²) in [5.74, 6) is -1.57. The van der Waals surface area contributed by atoms with Crippen LogP contribution in [-0.4, -0.2) is 38.2 Å². The standard InChI is InChI=1S/C25H21FN2O5S/c1-33-25(30)20-16-27(22-9-5-3-7-19(20)22)24(29)18-13-11-17(12-14-18)15-28(34(2,31)32)23-10-6-4-8-21(23)26/h3-14,16H,15H2,1-2H3. The number of sulfonamides is 1. The number of hydrogen-bond donors (Lipinski definition) is 0. The van der Waals surface area contributed by atoms with E-state index in [2.05, 4.69) is 0 Å². The Bertz CT molecular complexity index is 1490. The van der Waals surface area contributed by atoms with Crippen LogP contribution in [0.15, 0.2) is 79.0 Å². The quantitative estimate of drug-likeness (QED) is 0.386. The first kappa shape index (κ1) is 23.2. The molecule has 1 aromatic heterocycles. The van der Waals surface area contributed by atoms with E-state index in [1.807, 2.05) is 0 Å². The predicted octanol–water partition coefficient (Wildman–Crippen LogP) is 4.22. The molecule has 3 aromatic carbocycles. The molecular weight excluding hydrogens is 459 g/mol. The van der Waals surface area contributed by atoms with Crippen LogP contribution in [0.5, 0.6) is 0 Å². The molecule has 174 valence electrons. The Morgan fingerprint density at radius 3 is 2.26 bits per heavy atom. The molecule has 0 saturated heterocycles. The topological polar surface area (TPSA) is 85.7 Å². The zero-order valence-corrected chi connectivity index (χ0v) is 19.3. The van der Waals surface area contributed by atoms with E-state index in [-0.39, 0.29) is 23.7 Å². The van der Waals surface area contributed by atoms with E-state index in [9.17, 15) is 22.4 Å². The molecule has 4 aromatic rings. The lowest BCUT2D eigenvalue weighted by molar-refractivity contribution is 0.0603. The van der Waals surface area contributed by atoms with Crippen LogP contribution in [0, 0.1) is 5.82 Å². The van der Waals surface area contributed by atoms with E-state index >= 15 is 0 Å². The van der Waals surface area contributed by atoms with Crippen molar-refractivity contribution in [1.82, 2.24) is 4.57 Å². The third-order valence-corrected chi connectivity index (χ3v) is 6.51. The number of methoxy groups -OCH3 is 1. The average Bonchev–Trinajstić information content (AvgIpc) is 3.22. The molecule has 1 heterocycles. The number of para-hydroxylation sites is 2. The van der Waals surface area contributed by atoms with Crippen molar-refractivity contribution in [2.45, 2.75) is 6.54 Å². The van der Waals surface area contributed by atoms with Crippen molar-refractivity contribution in [3.63, 3.8) is 0 Å². The van der Waals surface area contributed by atoms with Crippen molar-refractivity contribution < 1.29 is 27.1 Å². The molecule has 0 aliphatic rings. The van der Waals surface area contributed by atoms with Gasteiger partial charge in [-0.25, -0.2) is 17.6 Å². The highest BCUT2D eigenvalue weighted by Gasteiger charge is 2.22. The van der Waals surface area contributed by atoms with E-state index in [4.69, 9.17) is 4.74 Å². The van der Waals surface area contributed by atoms with Gasteiger partial charge in [-0.15, -0.1) is 0 Å². The van der Waals surface area contributed by atoms with Gasteiger partial charge in [-0.1, -0.05) is 42.5 Å². The molecule has 0 bridgehead atoms. The van der Waals surface area contributed by atoms with Gasteiger partial charge in [0.05, 0.1) is 36.7 Å². The molecule has 0 aliphatic carbocycles. The summed E-state index contributed by atoms with van der Waals surface area (Å²) in [6.07, 6.45) is 2.45. The van der Waals surface area contributed by atoms with Crippen molar-refractivity contribution in [1.29, 1.82) is 0 Å². The molecule has 0 radical (unpaired) electrons. The third kappa shape index (κ3) is 4.42. The van der Waals surface area contributed by atoms with Crippen molar-refractivity contribution in [3.05, 3.63) is 102 Å². The first-order chi connectivity index (χ1) is 16.2. The summed E-state index contributed by atoms with van der Waals surface area (Å²) in [5, 5.41) is 0.591. The summed E-state index contributed by atoms with van der Waals surface area (Å²) in [4.78, 5) is 25.3. The highest BCUT2D eigenvalue weighted by atomic mass is 32.2. The first-order valence-electron chi connectivity index (χ1n) is 10.2. The number of carbonyl (C=O) groups excluding carboxylic acids is 2. The normalized spacial score (nSPS) is 11.4. The van der Waals surface area contributed by atoms with Crippen molar-refractivity contribution in [3.8, 4) is 0 Å². The van der Waals surface area contributed by atoms with Gasteiger partial charge >= 0.3 is 5.97 Å². The molecule has 0 N–H and O–H groups in total. The van der Waals surface area contributed by atoms with Gasteiger partial charge in [-0.3, -0.25) is 13.7 Å². The van der Waals surface area contributed by atoms with E-state index < -0.39 is 21.8 Å². The second-order valence-electron chi connectivity index (χ2n) is 7.64. The van der Waals surface area contributed by atoms with Crippen LogP contribution in [0.2, 0.25) is 0 Å². The van der Waals surface area contributed by atoms with Crippen LogP contribution in [0.1, 0.15) is 26.3 Å². The average molecular weight is 481 g/mol. The number of nitrogens with zero attached hydrogens (tertiary/aromatic N) is 2. The number of aromatic nitrogens is 1. The number of rotatable bonds is 6. The Morgan fingerprint density at radius 1 is 0.971 bits per heavy atom. The molecule has 0 atom stereocenters. The highest BCUT2D eigenvalue weighted by Crippen LogP contribution is 2.25. The summed E-state index contributed by atoms with van der Waals surface area (Å²) in [6.45, 7) is -0.104. The molecule has 0 fully saturated rings. The second-order valence-corrected chi connectivity index (χ2v) is 9.55. The van der Waals surface area contributed by atoms with Crippen molar-refractivity contribution in [2.75, 3.05) is 17.7 Å². The van der Waals surface area contributed by atoms with Crippen LogP contribution >= 0.6 is 0 Å². The van der Waals surface area contributed by atoms with E-state index in [1.54, 1.807) is 54.6 Å². The highest BCUT2D eigenvalue weighted by molar-refractivity contribution is 7.92. The molecule has 9 heteroatoms. The third-order valence-electron chi connectivity index (χ3n) is 5.38. The van der Waals surface area contributed by atoms with Crippen LogP contribution in [0.25, 0.3) is 10.9 Å². The van der Waals surface area contributed by atoms with Gasteiger partial charge in [-0.05, 0) is 35.9 Å². The smallest absolute Gasteiger partial charge is 0.340 e. The summed E-state index contributed by atoms with van der Waals surface area (Å²) in [7, 11) is -2.49. The van der Waals surface area contributed by atoms with Crippen LogP contribution in [0.4, 0.5) is 10.1 Å². The summed E-state index contributed by atoms with van der Waals surface area (Å²) >= 11 is 0. The van der Waals surface area contributed by atoms with Crippen molar-refractivity contribution in [2.24, 2.45) is 0 Å². The molecule has 4 rings (SSSR count). The number of fused-ring (bicyclic) bond motifs is 1. The van der Waals surface area contributed by atoms with E-state index in [0.29, 0.717) is 22.0 Å². The fourth-order valence-corrected chi connectivity index (χ4v) is 4.60. The SMILES string of the molecule is COC(=O)c1cn(C(=O)c2ccc(CN(c3ccccc3F)S(C)(=O)=O)cc2)c2ccccc12. The van der Waals surface area contributed by atoms with Gasteiger partial charge in [0, 0.05) is 17.1 Å². The Hall–Kier alpha value is -3.98. The molecular formula is C25H21FN2O5S. The number of halogens is 1. The van der Waals surface area contributed by atoms with Crippen LogP contribution < -0.4 is 4.31 Å². The van der Waals surface area contributed by atoms with Gasteiger partial charge in [-0.2, -0.15) is 0 Å². The summed E-state index contributed by atoms with van der Waals surface area (Å²) in [5.41, 5.74) is 1.67. The monoisotopic (exact) mass is 480 g/mol.